The number of benzene rings is 1. The van der Waals surface area contributed by atoms with Gasteiger partial charge in [0.15, 0.2) is 0 Å². The second-order valence-corrected chi connectivity index (χ2v) is 7.47. The van der Waals surface area contributed by atoms with E-state index in [2.05, 4.69) is 6.92 Å². The Hall–Kier alpha value is -0.780. The maximum Gasteiger partial charge on any atom is 0.243 e. The fraction of sp³-hybridized carbons (Fsp3) is 0.538. The zero-order valence-electron chi connectivity index (χ0n) is 11.0. The van der Waals surface area contributed by atoms with Crippen molar-refractivity contribution >= 4 is 27.3 Å². The molecule has 1 unspecified atom stereocenters. The summed E-state index contributed by atoms with van der Waals surface area (Å²) in [5.74, 6) is 0.579. The van der Waals surface area contributed by atoms with Gasteiger partial charge in [0, 0.05) is 13.1 Å². The highest BCUT2D eigenvalue weighted by molar-refractivity contribution is 7.89. The Morgan fingerprint density at radius 2 is 2.05 bits per heavy atom. The number of halogens is 1. The quantitative estimate of drug-likeness (QED) is 0.854. The Labute approximate surface area is 119 Å². The third-order valence-electron chi connectivity index (χ3n) is 3.59. The highest BCUT2D eigenvalue weighted by atomic mass is 35.5. The second-order valence-electron chi connectivity index (χ2n) is 5.12. The Kier molecular flexibility index (Phi) is 4.38. The number of nitrogens with two attached hydrogens (primary N) is 1. The molecule has 0 radical (unpaired) electrons. The summed E-state index contributed by atoms with van der Waals surface area (Å²) < 4.78 is 26.6. The van der Waals surface area contributed by atoms with Crippen LogP contribution >= 0.6 is 11.6 Å². The topological polar surface area (TPSA) is 63.4 Å². The monoisotopic (exact) mass is 302 g/mol. The highest BCUT2D eigenvalue weighted by Gasteiger charge is 2.26. The Bertz CT molecular complexity index is 560. The molecule has 0 bridgehead atoms. The first-order valence-electron chi connectivity index (χ1n) is 6.46. The summed E-state index contributed by atoms with van der Waals surface area (Å²) >= 11 is 5.91. The first kappa shape index (κ1) is 14.6. The fourth-order valence-corrected chi connectivity index (χ4v) is 4.06. The summed E-state index contributed by atoms with van der Waals surface area (Å²) in [5, 5.41) is 0.282. The first-order valence-corrected chi connectivity index (χ1v) is 8.28. The molecule has 0 aliphatic carbocycles. The van der Waals surface area contributed by atoms with Gasteiger partial charge in [0.05, 0.1) is 15.6 Å². The molecule has 1 heterocycles. The van der Waals surface area contributed by atoms with Crippen LogP contribution in [-0.4, -0.2) is 25.8 Å². The van der Waals surface area contributed by atoms with Crippen LogP contribution in [-0.2, 0) is 10.0 Å². The van der Waals surface area contributed by atoms with Crippen LogP contribution in [0.2, 0.25) is 5.02 Å². The average Bonchev–Trinajstić information content (AvgIpc) is 2.57. The molecule has 6 heteroatoms. The Morgan fingerprint density at radius 1 is 1.32 bits per heavy atom. The van der Waals surface area contributed by atoms with Crippen molar-refractivity contribution in [3.8, 4) is 0 Å². The van der Waals surface area contributed by atoms with Gasteiger partial charge in [-0.2, -0.15) is 4.31 Å². The van der Waals surface area contributed by atoms with E-state index in [9.17, 15) is 8.42 Å². The lowest BCUT2D eigenvalue weighted by molar-refractivity contribution is 0.417. The van der Waals surface area contributed by atoms with E-state index in [1.807, 2.05) is 0 Å². The predicted molar refractivity (Wildman–Crippen MR) is 77.6 cm³/mol. The van der Waals surface area contributed by atoms with Gasteiger partial charge in [-0.1, -0.05) is 18.5 Å². The molecule has 1 saturated heterocycles. The highest BCUT2D eigenvalue weighted by Crippen LogP contribution is 2.27. The summed E-state index contributed by atoms with van der Waals surface area (Å²) in [6, 6.07) is 4.49. The lowest BCUT2D eigenvalue weighted by Gasteiger charge is -2.20. The fourth-order valence-electron chi connectivity index (χ4n) is 2.29. The van der Waals surface area contributed by atoms with Crippen LogP contribution in [0.3, 0.4) is 0 Å². The van der Waals surface area contributed by atoms with E-state index >= 15 is 0 Å². The predicted octanol–water partition coefficient (Wildman–Crippen LogP) is 2.73. The molecular weight excluding hydrogens is 284 g/mol. The number of anilines is 1. The van der Waals surface area contributed by atoms with Crippen molar-refractivity contribution in [1.29, 1.82) is 0 Å². The van der Waals surface area contributed by atoms with Crippen molar-refractivity contribution in [3.05, 3.63) is 23.2 Å². The largest absolute Gasteiger partial charge is 0.398 e. The summed E-state index contributed by atoms with van der Waals surface area (Å²) in [7, 11) is -3.45. The van der Waals surface area contributed by atoms with Gasteiger partial charge in [0.2, 0.25) is 10.0 Å². The number of nitrogen functional groups attached to an aromatic ring is 1. The van der Waals surface area contributed by atoms with E-state index in [1.54, 1.807) is 4.31 Å². The molecule has 0 saturated carbocycles. The van der Waals surface area contributed by atoms with Crippen LogP contribution in [0.25, 0.3) is 0 Å². The lowest BCUT2D eigenvalue weighted by atomic mass is 10.0. The summed E-state index contributed by atoms with van der Waals surface area (Å²) in [5.41, 5.74) is 6.01. The number of nitrogens with zero attached hydrogens (tertiary/aromatic N) is 1. The molecule has 0 aromatic heterocycles. The minimum Gasteiger partial charge on any atom is -0.398 e. The standard InChI is InChI=1S/C13H19ClN2O2S/c1-10-3-2-7-16(8-6-10)19(17,18)11-4-5-13(15)12(14)9-11/h4-5,9-10H,2-3,6-8,15H2,1H3. The number of rotatable bonds is 2. The molecule has 1 aliphatic heterocycles. The minimum atomic E-state index is -3.45. The summed E-state index contributed by atoms with van der Waals surface area (Å²) in [4.78, 5) is 0.223. The van der Waals surface area contributed by atoms with Gasteiger partial charge < -0.3 is 5.73 Å². The van der Waals surface area contributed by atoms with Gasteiger partial charge in [-0.05, 0) is 43.4 Å². The van der Waals surface area contributed by atoms with Crippen LogP contribution in [0.15, 0.2) is 23.1 Å². The zero-order chi connectivity index (χ0) is 14.0. The van der Waals surface area contributed by atoms with E-state index in [4.69, 9.17) is 17.3 Å². The summed E-state index contributed by atoms with van der Waals surface area (Å²) in [6.07, 6.45) is 2.89. The normalized spacial score (nSPS) is 22.1. The molecule has 1 aromatic carbocycles. The van der Waals surface area contributed by atoms with Crippen LogP contribution in [0.4, 0.5) is 5.69 Å². The van der Waals surface area contributed by atoms with Crippen molar-refractivity contribution in [2.24, 2.45) is 5.92 Å². The van der Waals surface area contributed by atoms with Gasteiger partial charge in [-0.25, -0.2) is 8.42 Å². The van der Waals surface area contributed by atoms with Crippen molar-refractivity contribution < 1.29 is 8.42 Å². The van der Waals surface area contributed by atoms with Crippen LogP contribution < -0.4 is 5.73 Å². The maximum atomic E-state index is 12.5. The molecule has 1 aromatic rings. The number of hydrogen-bond donors (Lipinski definition) is 1. The molecule has 4 nitrogen and oxygen atoms in total. The molecule has 0 spiro atoms. The third-order valence-corrected chi connectivity index (χ3v) is 5.81. The molecular formula is C13H19ClN2O2S. The van der Waals surface area contributed by atoms with E-state index in [1.165, 1.54) is 18.2 Å². The average molecular weight is 303 g/mol. The first-order chi connectivity index (χ1) is 8.91. The van der Waals surface area contributed by atoms with Crippen LogP contribution in [0.1, 0.15) is 26.2 Å². The lowest BCUT2D eigenvalue weighted by Crippen LogP contribution is -2.32. The van der Waals surface area contributed by atoms with Gasteiger partial charge in [-0.3, -0.25) is 0 Å². The van der Waals surface area contributed by atoms with Crippen LogP contribution in [0.5, 0.6) is 0 Å². The van der Waals surface area contributed by atoms with E-state index < -0.39 is 10.0 Å². The Balaban J connectivity index is 2.28. The van der Waals surface area contributed by atoms with E-state index in [-0.39, 0.29) is 9.92 Å². The number of hydrogen-bond acceptors (Lipinski definition) is 3. The van der Waals surface area contributed by atoms with Crippen LogP contribution in [0, 0.1) is 5.92 Å². The SMILES string of the molecule is CC1CCCN(S(=O)(=O)c2ccc(N)c(Cl)c2)CC1. The molecule has 1 fully saturated rings. The van der Waals surface area contributed by atoms with Gasteiger partial charge in [-0.15, -0.1) is 0 Å². The van der Waals surface area contributed by atoms with E-state index in [0.29, 0.717) is 24.7 Å². The Morgan fingerprint density at radius 3 is 2.74 bits per heavy atom. The van der Waals surface area contributed by atoms with Crippen molar-refractivity contribution in [2.45, 2.75) is 31.1 Å². The third kappa shape index (κ3) is 3.22. The smallest absolute Gasteiger partial charge is 0.243 e. The van der Waals surface area contributed by atoms with Crippen molar-refractivity contribution in [2.75, 3.05) is 18.8 Å². The van der Waals surface area contributed by atoms with Crippen molar-refractivity contribution in [3.63, 3.8) is 0 Å². The molecule has 1 aliphatic rings. The van der Waals surface area contributed by atoms with E-state index in [0.717, 1.165) is 19.3 Å². The maximum absolute atomic E-state index is 12.5. The molecule has 2 N–H and O–H groups in total. The second kappa shape index (κ2) is 5.69. The minimum absolute atomic E-state index is 0.223. The number of sulfonamides is 1. The molecule has 19 heavy (non-hydrogen) atoms. The molecule has 1 atom stereocenters. The summed E-state index contributed by atoms with van der Waals surface area (Å²) in [6.45, 7) is 3.32. The molecule has 106 valence electrons. The van der Waals surface area contributed by atoms with Gasteiger partial charge in [0.25, 0.3) is 0 Å². The van der Waals surface area contributed by atoms with Crippen molar-refractivity contribution in [1.82, 2.24) is 4.31 Å². The van der Waals surface area contributed by atoms with Gasteiger partial charge in [0.1, 0.15) is 0 Å². The molecule has 0 amide bonds. The molecule has 2 rings (SSSR count). The van der Waals surface area contributed by atoms with Gasteiger partial charge >= 0.3 is 0 Å². The zero-order valence-corrected chi connectivity index (χ0v) is 12.5.